The fourth-order valence-corrected chi connectivity index (χ4v) is 2.94. The molecule has 2 unspecified atom stereocenters. The van der Waals surface area contributed by atoms with E-state index in [1.54, 1.807) is 18.2 Å². The zero-order valence-electron chi connectivity index (χ0n) is 14.4. The molecule has 2 atom stereocenters. The first-order chi connectivity index (χ1) is 12.9. The van der Waals surface area contributed by atoms with Crippen molar-refractivity contribution in [2.24, 2.45) is 0 Å². The molecule has 0 radical (unpaired) electrons. The molecule has 144 valence electrons. The molecule has 7 heteroatoms. The van der Waals surface area contributed by atoms with E-state index in [9.17, 15) is 15.0 Å². The number of hydrogen-bond acceptors (Lipinski definition) is 4. The molecule has 0 heterocycles. The predicted octanol–water partition coefficient (Wildman–Crippen LogP) is 4.17. The van der Waals surface area contributed by atoms with Gasteiger partial charge in [0.2, 0.25) is 0 Å². The number of hydrogen-bond donors (Lipinski definition) is 3. The number of carboxylic acids is 1. The van der Waals surface area contributed by atoms with Crippen LogP contribution in [0.25, 0.3) is 6.08 Å². The smallest absolute Gasteiger partial charge is 0.305 e. The minimum absolute atomic E-state index is 0.0919. The SMILES string of the molecule is O=C(O)CC(O)CC(O)/C=C/c1ccc(Cl)c(OCc2ccccc2)c1Cl. The standard InChI is InChI=1S/C20H20Cl2O5/c21-17-9-7-14(6-8-15(23)10-16(24)11-18(25)26)19(22)20(17)27-12-13-4-2-1-3-5-13/h1-9,15-16,23-24H,10-12H2,(H,25,26)/b8-6+. The van der Waals surface area contributed by atoms with Gasteiger partial charge in [-0.2, -0.15) is 0 Å². The van der Waals surface area contributed by atoms with Gasteiger partial charge in [0, 0.05) is 6.42 Å². The quantitative estimate of drug-likeness (QED) is 0.577. The second kappa shape index (κ2) is 10.3. The molecule has 0 aliphatic rings. The predicted molar refractivity (Wildman–Crippen MR) is 105 cm³/mol. The largest absolute Gasteiger partial charge is 0.486 e. The molecule has 0 bridgehead atoms. The van der Waals surface area contributed by atoms with Crippen molar-refractivity contribution in [3.8, 4) is 5.75 Å². The van der Waals surface area contributed by atoms with Crippen LogP contribution in [0.3, 0.4) is 0 Å². The molecular weight excluding hydrogens is 391 g/mol. The highest BCUT2D eigenvalue weighted by Crippen LogP contribution is 2.36. The first-order valence-corrected chi connectivity index (χ1v) is 9.03. The van der Waals surface area contributed by atoms with Gasteiger partial charge in [0.15, 0.2) is 5.75 Å². The number of carboxylic acid groups (broad SMARTS) is 1. The minimum atomic E-state index is -1.13. The van der Waals surface area contributed by atoms with Crippen molar-refractivity contribution in [2.75, 3.05) is 0 Å². The Balaban J connectivity index is 2.06. The lowest BCUT2D eigenvalue weighted by molar-refractivity contribution is -0.139. The molecule has 2 rings (SSSR count). The monoisotopic (exact) mass is 410 g/mol. The van der Waals surface area contributed by atoms with Crippen LogP contribution >= 0.6 is 23.2 Å². The summed E-state index contributed by atoms with van der Waals surface area (Å²) in [5.41, 5.74) is 1.55. The third-order valence-electron chi connectivity index (χ3n) is 3.73. The van der Waals surface area contributed by atoms with Gasteiger partial charge >= 0.3 is 5.97 Å². The number of carbonyl (C=O) groups is 1. The van der Waals surface area contributed by atoms with Gasteiger partial charge in [0.1, 0.15) is 6.61 Å². The Kier molecular flexibility index (Phi) is 8.13. The van der Waals surface area contributed by atoms with Crippen molar-refractivity contribution in [1.29, 1.82) is 0 Å². The van der Waals surface area contributed by atoms with Crippen molar-refractivity contribution >= 4 is 35.2 Å². The number of halogens is 2. The van der Waals surface area contributed by atoms with E-state index in [1.807, 2.05) is 30.3 Å². The molecule has 0 aliphatic carbocycles. The maximum absolute atomic E-state index is 10.5. The average Bonchev–Trinajstić information content (AvgIpc) is 2.61. The minimum Gasteiger partial charge on any atom is -0.486 e. The Hall–Kier alpha value is -2.05. The van der Waals surface area contributed by atoms with Gasteiger partial charge in [0.05, 0.1) is 28.7 Å². The van der Waals surface area contributed by atoms with Crippen LogP contribution < -0.4 is 4.74 Å². The fourth-order valence-electron chi connectivity index (χ4n) is 2.40. The average molecular weight is 411 g/mol. The summed E-state index contributed by atoms with van der Waals surface area (Å²) in [7, 11) is 0. The molecule has 27 heavy (non-hydrogen) atoms. The van der Waals surface area contributed by atoms with Gasteiger partial charge in [-0.05, 0) is 17.2 Å². The zero-order chi connectivity index (χ0) is 19.8. The molecule has 0 spiro atoms. The van der Waals surface area contributed by atoms with E-state index >= 15 is 0 Å². The van der Waals surface area contributed by atoms with Gasteiger partial charge in [-0.1, -0.05) is 71.8 Å². The molecule has 2 aromatic carbocycles. The molecule has 2 aromatic rings. The topological polar surface area (TPSA) is 87.0 Å². The number of aliphatic hydroxyl groups is 2. The highest BCUT2D eigenvalue weighted by molar-refractivity contribution is 6.38. The lowest BCUT2D eigenvalue weighted by Gasteiger charge is -2.13. The van der Waals surface area contributed by atoms with Gasteiger partial charge in [-0.3, -0.25) is 4.79 Å². The third kappa shape index (κ3) is 6.88. The second-order valence-corrected chi connectivity index (χ2v) is 6.75. The lowest BCUT2D eigenvalue weighted by atomic mass is 10.1. The zero-order valence-corrected chi connectivity index (χ0v) is 15.9. The van der Waals surface area contributed by atoms with Gasteiger partial charge < -0.3 is 20.1 Å². The van der Waals surface area contributed by atoms with E-state index in [4.69, 9.17) is 33.0 Å². The van der Waals surface area contributed by atoms with Crippen LogP contribution in [-0.4, -0.2) is 33.5 Å². The number of aliphatic carboxylic acids is 1. The van der Waals surface area contributed by atoms with E-state index in [0.717, 1.165) is 5.56 Å². The van der Waals surface area contributed by atoms with Crippen LogP contribution in [0.5, 0.6) is 5.75 Å². The second-order valence-electron chi connectivity index (χ2n) is 5.97. The van der Waals surface area contributed by atoms with Gasteiger partial charge in [-0.15, -0.1) is 0 Å². The van der Waals surface area contributed by atoms with Crippen LogP contribution in [0.4, 0.5) is 0 Å². The summed E-state index contributed by atoms with van der Waals surface area (Å²) in [5.74, 6) is -0.788. The van der Waals surface area contributed by atoms with Crippen LogP contribution in [0.1, 0.15) is 24.0 Å². The Bertz CT molecular complexity index is 792. The Morgan fingerprint density at radius 2 is 1.81 bits per heavy atom. The van der Waals surface area contributed by atoms with E-state index in [1.165, 1.54) is 6.08 Å². The molecule has 3 N–H and O–H groups in total. The summed E-state index contributed by atoms with van der Waals surface area (Å²) in [6.45, 7) is 0.303. The van der Waals surface area contributed by atoms with Crippen molar-refractivity contribution in [2.45, 2.75) is 31.7 Å². The Labute approximate surface area is 167 Å². The number of ether oxygens (including phenoxy) is 1. The van der Waals surface area contributed by atoms with Crippen molar-refractivity contribution in [3.63, 3.8) is 0 Å². The summed E-state index contributed by atoms with van der Waals surface area (Å²) >= 11 is 12.5. The van der Waals surface area contributed by atoms with Gasteiger partial charge in [-0.25, -0.2) is 0 Å². The molecule has 0 aliphatic heterocycles. The third-order valence-corrected chi connectivity index (χ3v) is 4.41. The van der Waals surface area contributed by atoms with Crippen LogP contribution in [0.2, 0.25) is 10.0 Å². The molecular formula is C20H20Cl2O5. The highest BCUT2D eigenvalue weighted by atomic mass is 35.5. The van der Waals surface area contributed by atoms with Crippen molar-refractivity contribution < 1.29 is 24.9 Å². The molecule has 0 fully saturated rings. The van der Waals surface area contributed by atoms with E-state index in [-0.39, 0.29) is 6.42 Å². The van der Waals surface area contributed by atoms with E-state index in [2.05, 4.69) is 0 Å². The molecule has 0 saturated heterocycles. The first-order valence-electron chi connectivity index (χ1n) is 8.27. The lowest BCUT2D eigenvalue weighted by Crippen LogP contribution is -2.19. The van der Waals surface area contributed by atoms with Crippen LogP contribution in [0.15, 0.2) is 48.5 Å². The van der Waals surface area contributed by atoms with E-state index in [0.29, 0.717) is 28.0 Å². The molecule has 0 amide bonds. The highest BCUT2D eigenvalue weighted by Gasteiger charge is 2.14. The number of rotatable bonds is 9. The molecule has 0 aromatic heterocycles. The number of benzene rings is 2. The summed E-state index contributed by atoms with van der Waals surface area (Å²) in [6, 6.07) is 12.9. The number of aliphatic hydroxyl groups excluding tert-OH is 2. The summed E-state index contributed by atoms with van der Waals surface area (Å²) in [5, 5.41) is 28.8. The van der Waals surface area contributed by atoms with Crippen LogP contribution in [-0.2, 0) is 11.4 Å². The molecule has 0 saturated carbocycles. The Morgan fingerprint density at radius 3 is 2.48 bits per heavy atom. The van der Waals surface area contributed by atoms with E-state index < -0.39 is 24.6 Å². The summed E-state index contributed by atoms with van der Waals surface area (Å²) in [4.78, 5) is 10.5. The van der Waals surface area contributed by atoms with Crippen molar-refractivity contribution in [3.05, 3.63) is 69.7 Å². The normalized spacial score (nSPS) is 13.5. The first kappa shape index (κ1) is 21.3. The van der Waals surface area contributed by atoms with Crippen LogP contribution in [0, 0.1) is 0 Å². The maximum atomic E-state index is 10.5. The summed E-state index contributed by atoms with van der Waals surface area (Å²) in [6.07, 6.45) is 0.343. The van der Waals surface area contributed by atoms with Crippen molar-refractivity contribution in [1.82, 2.24) is 0 Å². The fraction of sp³-hybridized carbons (Fsp3) is 0.250. The maximum Gasteiger partial charge on any atom is 0.305 e. The summed E-state index contributed by atoms with van der Waals surface area (Å²) < 4.78 is 5.74. The van der Waals surface area contributed by atoms with Gasteiger partial charge in [0.25, 0.3) is 0 Å². The Morgan fingerprint density at radius 1 is 1.11 bits per heavy atom. The molecule has 5 nitrogen and oxygen atoms in total.